The first-order valence-corrected chi connectivity index (χ1v) is 7.20. The van der Waals surface area contributed by atoms with Gasteiger partial charge in [0.2, 0.25) is 0 Å². The van der Waals surface area contributed by atoms with Gasteiger partial charge in [-0.2, -0.15) is 0 Å². The number of benzene rings is 1. The molecule has 1 N–H and O–H groups in total. The Kier molecular flexibility index (Phi) is 3.57. The second kappa shape index (κ2) is 5.20. The number of aromatic nitrogens is 1. The van der Waals surface area contributed by atoms with Crippen molar-refractivity contribution in [3.8, 4) is 0 Å². The Morgan fingerprint density at radius 3 is 2.89 bits per heavy atom. The first kappa shape index (κ1) is 13.0. The van der Waals surface area contributed by atoms with E-state index in [1.807, 2.05) is 18.3 Å². The lowest BCUT2D eigenvalue weighted by Gasteiger charge is -2.16. The molecule has 1 unspecified atom stereocenters. The van der Waals surface area contributed by atoms with E-state index in [1.54, 1.807) is 6.07 Å². The summed E-state index contributed by atoms with van der Waals surface area (Å²) in [5, 5.41) is 11.2. The summed E-state index contributed by atoms with van der Waals surface area (Å²) in [5.74, 6) is 0. The van der Waals surface area contributed by atoms with Crippen LogP contribution in [0.5, 0.6) is 0 Å². The zero-order valence-corrected chi connectivity index (χ0v) is 12.0. The summed E-state index contributed by atoms with van der Waals surface area (Å²) in [7, 11) is 0. The molecule has 1 aliphatic carbocycles. The van der Waals surface area contributed by atoms with Gasteiger partial charge in [0.25, 0.3) is 0 Å². The first-order valence-electron chi connectivity index (χ1n) is 6.44. The van der Waals surface area contributed by atoms with Gasteiger partial charge in [0.05, 0.1) is 16.1 Å². The molecule has 1 aliphatic rings. The molecule has 0 spiro atoms. The Balaban J connectivity index is 1.90. The number of aliphatic hydroxyl groups excluding tert-OH is 1. The molecule has 4 heteroatoms. The van der Waals surface area contributed by atoms with Gasteiger partial charge in [-0.1, -0.05) is 35.3 Å². The monoisotopic (exact) mass is 295 g/mol. The van der Waals surface area contributed by atoms with Crippen LogP contribution in [0.25, 0.3) is 0 Å². The van der Waals surface area contributed by atoms with Crippen molar-refractivity contribution in [1.82, 2.24) is 4.57 Å². The van der Waals surface area contributed by atoms with Crippen LogP contribution >= 0.6 is 23.2 Å². The van der Waals surface area contributed by atoms with Crippen molar-refractivity contribution in [3.05, 3.63) is 57.3 Å². The molecular formula is C15H15Cl2NO. The van der Waals surface area contributed by atoms with Crippen LogP contribution in [0.15, 0.2) is 30.6 Å². The Labute approximate surface area is 122 Å². The van der Waals surface area contributed by atoms with Crippen LogP contribution in [0.1, 0.15) is 35.6 Å². The van der Waals surface area contributed by atoms with E-state index in [2.05, 4.69) is 10.8 Å². The predicted octanol–water partition coefficient (Wildman–Crippen LogP) is 4.21. The lowest BCUT2D eigenvalue weighted by molar-refractivity contribution is 0.157. The number of rotatable bonds is 2. The van der Waals surface area contributed by atoms with Crippen LogP contribution < -0.4 is 0 Å². The summed E-state index contributed by atoms with van der Waals surface area (Å²) < 4.78 is 2.08. The van der Waals surface area contributed by atoms with Crippen molar-refractivity contribution in [2.75, 3.05) is 0 Å². The Morgan fingerprint density at radius 2 is 2.11 bits per heavy atom. The number of aryl methyl sites for hydroxylation is 1. The molecule has 2 nitrogen and oxygen atoms in total. The number of aliphatic hydroxyl groups is 1. The number of halogens is 2. The van der Waals surface area contributed by atoms with Crippen LogP contribution in [-0.4, -0.2) is 9.67 Å². The molecule has 0 amide bonds. The van der Waals surface area contributed by atoms with Crippen molar-refractivity contribution < 1.29 is 5.11 Å². The van der Waals surface area contributed by atoms with E-state index in [0.29, 0.717) is 16.6 Å². The lowest BCUT2D eigenvalue weighted by atomic mass is 9.93. The van der Waals surface area contributed by atoms with E-state index in [0.717, 1.165) is 30.4 Å². The summed E-state index contributed by atoms with van der Waals surface area (Å²) >= 11 is 12.2. The molecule has 1 heterocycles. The smallest absolute Gasteiger partial charge is 0.0807 e. The van der Waals surface area contributed by atoms with Crippen molar-refractivity contribution in [2.45, 2.75) is 31.9 Å². The highest BCUT2D eigenvalue weighted by Crippen LogP contribution is 2.31. The fourth-order valence-electron chi connectivity index (χ4n) is 2.68. The molecule has 1 atom stereocenters. The van der Waals surface area contributed by atoms with Crippen LogP contribution in [0.2, 0.25) is 10.0 Å². The van der Waals surface area contributed by atoms with Crippen molar-refractivity contribution in [1.29, 1.82) is 0 Å². The molecule has 1 aromatic carbocycles. The van der Waals surface area contributed by atoms with E-state index in [9.17, 15) is 5.11 Å². The molecule has 0 radical (unpaired) electrons. The highest BCUT2D eigenvalue weighted by molar-refractivity contribution is 6.42. The summed E-state index contributed by atoms with van der Waals surface area (Å²) in [5.41, 5.74) is 3.30. The average Bonchev–Trinajstić information content (AvgIpc) is 2.79. The lowest BCUT2D eigenvalue weighted by Crippen LogP contribution is -2.05. The quantitative estimate of drug-likeness (QED) is 0.882. The molecule has 0 fully saturated rings. The summed E-state index contributed by atoms with van der Waals surface area (Å²) in [6.45, 7) is 0.680. The highest BCUT2D eigenvalue weighted by Gasteiger charge is 2.20. The topological polar surface area (TPSA) is 25.2 Å². The molecule has 3 rings (SSSR count). The molecule has 0 bridgehead atoms. The Morgan fingerprint density at radius 1 is 1.26 bits per heavy atom. The van der Waals surface area contributed by atoms with Crippen LogP contribution in [0.4, 0.5) is 0 Å². The molecule has 100 valence electrons. The molecule has 19 heavy (non-hydrogen) atoms. The predicted molar refractivity (Wildman–Crippen MR) is 77.9 cm³/mol. The minimum Gasteiger partial charge on any atom is -0.388 e. The van der Waals surface area contributed by atoms with Crippen molar-refractivity contribution >= 4 is 23.2 Å². The molecule has 2 aromatic rings. The van der Waals surface area contributed by atoms with Gasteiger partial charge in [0, 0.05) is 24.5 Å². The minimum atomic E-state index is -0.320. The summed E-state index contributed by atoms with van der Waals surface area (Å²) in [6.07, 6.45) is 6.76. The van der Waals surface area contributed by atoms with Gasteiger partial charge in [0.1, 0.15) is 0 Å². The maximum atomic E-state index is 9.98. The van der Waals surface area contributed by atoms with E-state index >= 15 is 0 Å². The summed E-state index contributed by atoms with van der Waals surface area (Å²) in [6, 6.07) is 5.67. The minimum absolute atomic E-state index is 0.320. The standard InChI is InChI=1S/C15H15Cl2NO/c16-13-5-1-4-11(15(13)17)8-18-7-10-3-2-6-14(19)12(10)9-18/h1,4-5,7,9,14,19H,2-3,6,8H2. The summed E-state index contributed by atoms with van der Waals surface area (Å²) in [4.78, 5) is 0. The van der Waals surface area contributed by atoms with Gasteiger partial charge in [-0.05, 0) is 36.5 Å². The maximum Gasteiger partial charge on any atom is 0.0807 e. The van der Waals surface area contributed by atoms with Crippen molar-refractivity contribution in [2.24, 2.45) is 0 Å². The van der Waals surface area contributed by atoms with E-state index < -0.39 is 0 Å². The third-order valence-corrected chi connectivity index (χ3v) is 4.52. The SMILES string of the molecule is OC1CCCc2cn(Cc3cccc(Cl)c3Cl)cc21. The number of nitrogens with zero attached hydrogens (tertiary/aromatic N) is 1. The second-order valence-corrected chi connectivity index (χ2v) is 5.82. The van der Waals surface area contributed by atoms with Crippen LogP contribution in [0.3, 0.4) is 0 Å². The van der Waals surface area contributed by atoms with Crippen LogP contribution in [-0.2, 0) is 13.0 Å². The fraction of sp³-hybridized carbons (Fsp3) is 0.333. The fourth-order valence-corrected chi connectivity index (χ4v) is 3.06. The van der Waals surface area contributed by atoms with E-state index in [4.69, 9.17) is 23.2 Å². The number of hydrogen-bond donors (Lipinski definition) is 1. The van der Waals surface area contributed by atoms with E-state index in [1.165, 1.54) is 5.56 Å². The molecule has 0 saturated heterocycles. The zero-order valence-electron chi connectivity index (χ0n) is 10.4. The van der Waals surface area contributed by atoms with Crippen molar-refractivity contribution in [3.63, 3.8) is 0 Å². The van der Waals surface area contributed by atoms with Gasteiger partial charge >= 0.3 is 0 Å². The molecule has 1 aromatic heterocycles. The third-order valence-electron chi connectivity index (χ3n) is 3.66. The van der Waals surface area contributed by atoms with Gasteiger partial charge in [-0.25, -0.2) is 0 Å². The third kappa shape index (κ3) is 2.53. The number of fused-ring (bicyclic) bond motifs is 1. The Bertz CT molecular complexity index is 606. The van der Waals surface area contributed by atoms with Gasteiger partial charge in [0.15, 0.2) is 0 Å². The number of hydrogen-bond acceptors (Lipinski definition) is 1. The first-order chi connectivity index (χ1) is 9.15. The van der Waals surface area contributed by atoms with Crippen LogP contribution in [0, 0.1) is 0 Å². The molecular weight excluding hydrogens is 281 g/mol. The average molecular weight is 296 g/mol. The normalized spacial score (nSPS) is 18.4. The molecule has 0 aliphatic heterocycles. The maximum absolute atomic E-state index is 9.98. The van der Waals surface area contributed by atoms with Gasteiger partial charge < -0.3 is 9.67 Å². The van der Waals surface area contributed by atoms with Gasteiger partial charge in [-0.3, -0.25) is 0 Å². The molecule has 0 saturated carbocycles. The Hall–Kier alpha value is -0.960. The highest BCUT2D eigenvalue weighted by atomic mass is 35.5. The largest absolute Gasteiger partial charge is 0.388 e. The van der Waals surface area contributed by atoms with E-state index in [-0.39, 0.29) is 6.10 Å². The zero-order chi connectivity index (χ0) is 13.4. The second-order valence-electron chi connectivity index (χ2n) is 5.03. The van der Waals surface area contributed by atoms with Gasteiger partial charge in [-0.15, -0.1) is 0 Å².